The summed E-state index contributed by atoms with van der Waals surface area (Å²) >= 11 is 0. The smallest absolute Gasteiger partial charge is 0.339 e. The minimum atomic E-state index is -3.58. The molecule has 1 aromatic rings. The fourth-order valence-electron chi connectivity index (χ4n) is 2.22. The van der Waals surface area contributed by atoms with E-state index in [0.717, 1.165) is 19.3 Å². The van der Waals surface area contributed by atoms with Crippen LogP contribution in [-0.4, -0.2) is 38.4 Å². The van der Waals surface area contributed by atoms with Crippen LogP contribution in [0.5, 0.6) is 0 Å². The Morgan fingerprint density at radius 1 is 1.29 bits per heavy atom. The maximum Gasteiger partial charge on any atom is 0.339 e. The number of nitrogens with zero attached hydrogens (tertiary/aromatic N) is 2. The molecule has 6 nitrogen and oxygen atoms in total. The molecule has 1 aliphatic rings. The van der Waals surface area contributed by atoms with Gasteiger partial charge in [0.25, 0.3) is 0 Å². The lowest BCUT2D eigenvalue weighted by Crippen LogP contribution is -2.35. The molecular formula is C14H16N2O4S. The summed E-state index contributed by atoms with van der Waals surface area (Å²) in [7, 11) is -3.58. The number of carbonyl (C=O) groups is 1. The number of esters is 1. The number of carbonyl (C=O) groups excluding carboxylic acids is 1. The third kappa shape index (κ3) is 3.60. The SMILES string of the molecule is N#CCOC(=O)c1cccc(S(=O)(=O)N2CCCCC2)c1. The molecule has 0 amide bonds. The van der Waals surface area contributed by atoms with Crippen LogP contribution in [0, 0.1) is 11.3 Å². The Morgan fingerprint density at radius 3 is 2.67 bits per heavy atom. The second-order valence-electron chi connectivity index (χ2n) is 4.73. The van der Waals surface area contributed by atoms with Crippen molar-refractivity contribution in [2.75, 3.05) is 19.7 Å². The van der Waals surface area contributed by atoms with Gasteiger partial charge < -0.3 is 4.74 Å². The Hall–Kier alpha value is -1.91. The van der Waals surface area contributed by atoms with E-state index in [0.29, 0.717) is 13.1 Å². The van der Waals surface area contributed by atoms with E-state index in [2.05, 4.69) is 4.74 Å². The van der Waals surface area contributed by atoms with Crippen molar-refractivity contribution < 1.29 is 17.9 Å². The number of piperidine rings is 1. The summed E-state index contributed by atoms with van der Waals surface area (Å²) in [6.45, 7) is 0.652. The zero-order chi connectivity index (χ0) is 15.3. The Bertz CT molecular complexity index is 658. The van der Waals surface area contributed by atoms with Crippen molar-refractivity contribution in [3.63, 3.8) is 0 Å². The molecular weight excluding hydrogens is 292 g/mol. The van der Waals surface area contributed by atoms with Gasteiger partial charge in [-0.1, -0.05) is 12.5 Å². The van der Waals surface area contributed by atoms with E-state index in [-0.39, 0.29) is 17.1 Å². The van der Waals surface area contributed by atoms with E-state index in [4.69, 9.17) is 5.26 Å². The molecule has 112 valence electrons. The van der Waals surface area contributed by atoms with Crippen molar-refractivity contribution >= 4 is 16.0 Å². The first-order chi connectivity index (χ1) is 10.1. The van der Waals surface area contributed by atoms with Gasteiger partial charge in [-0.25, -0.2) is 13.2 Å². The molecule has 1 heterocycles. The van der Waals surface area contributed by atoms with Crippen LogP contribution in [0.4, 0.5) is 0 Å². The fourth-order valence-corrected chi connectivity index (χ4v) is 3.78. The molecule has 0 spiro atoms. The van der Waals surface area contributed by atoms with Crippen LogP contribution >= 0.6 is 0 Å². The van der Waals surface area contributed by atoms with E-state index in [1.54, 1.807) is 6.07 Å². The summed E-state index contributed by atoms with van der Waals surface area (Å²) in [5.41, 5.74) is 0.128. The summed E-state index contributed by atoms with van der Waals surface area (Å²) < 4.78 is 31.1. The van der Waals surface area contributed by atoms with Gasteiger partial charge >= 0.3 is 5.97 Å². The molecule has 1 aliphatic heterocycles. The summed E-state index contributed by atoms with van der Waals surface area (Å²) in [5.74, 6) is -0.702. The van der Waals surface area contributed by atoms with Gasteiger partial charge in [-0.3, -0.25) is 0 Å². The van der Waals surface area contributed by atoms with E-state index < -0.39 is 16.0 Å². The Morgan fingerprint density at radius 2 is 2.00 bits per heavy atom. The molecule has 7 heteroatoms. The van der Waals surface area contributed by atoms with Crippen molar-refractivity contribution in [2.45, 2.75) is 24.2 Å². The molecule has 0 N–H and O–H groups in total. The van der Waals surface area contributed by atoms with Gasteiger partial charge in [0.1, 0.15) is 6.07 Å². The predicted octanol–water partition coefficient (Wildman–Crippen LogP) is 1.54. The van der Waals surface area contributed by atoms with Crippen LogP contribution in [0.25, 0.3) is 0 Å². The zero-order valence-electron chi connectivity index (χ0n) is 11.5. The monoisotopic (exact) mass is 308 g/mol. The second-order valence-corrected chi connectivity index (χ2v) is 6.66. The van der Waals surface area contributed by atoms with Crippen molar-refractivity contribution in [3.8, 4) is 6.07 Å². The number of hydrogen-bond donors (Lipinski definition) is 0. The molecule has 0 atom stereocenters. The molecule has 21 heavy (non-hydrogen) atoms. The maximum atomic E-state index is 12.5. The molecule has 1 fully saturated rings. The lowest BCUT2D eigenvalue weighted by molar-refractivity contribution is 0.0554. The highest BCUT2D eigenvalue weighted by molar-refractivity contribution is 7.89. The molecule has 0 radical (unpaired) electrons. The normalized spacial score (nSPS) is 16.1. The highest BCUT2D eigenvalue weighted by Crippen LogP contribution is 2.21. The van der Waals surface area contributed by atoms with Gasteiger partial charge in [-0.15, -0.1) is 0 Å². The van der Waals surface area contributed by atoms with Crippen LogP contribution in [0.2, 0.25) is 0 Å². The van der Waals surface area contributed by atoms with Crippen molar-refractivity contribution in [2.24, 2.45) is 0 Å². The molecule has 0 aliphatic carbocycles. The lowest BCUT2D eigenvalue weighted by atomic mass is 10.2. The van der Waals surface area contributed by atoms with Gasteiger partial charge in [0.2, 0.25) is 10.0 Å². The number of hydrogen-bond acceptors (Lipinski definition) is 5. The Labute approximate surface area is 124 Å². The number of sulfonamides is 1. The Balaban J connectivity index is 2.24. The Kier molecular flexibility index (Phi) is 4.94. The third-order valence-corrected chi connectivity index (χ3v) is 5.18. The maximum absolute atomic E-state index is 12.5. The van der Waals surface area contributed by atoms with Crippen LogP contribution in [0.15, 0.2) is 29.2 Å². The van der Waals surface area contributed by atoms with Gasteiger partial charge in [0.05, 0.1) is 10.5 Å². The highest BCUT2D eigenvalue weighted by atomic mass is 32.2. The minimum Gasteiger partial charge on any atom is -0.447 e. The first-order valence-corrected chi connectivity index (χ1v) is 8.14. The van der Waals surface area contributed by atoms with E-state index in [9.17, 15) is 13.2 Å². The number of benzene rings is 1. The molecule has 1 aromatic carbocycles. The molecule has 1 saturated heterocycles. The van der Waals surface area contributed by atoms with Crippen LogP contribution in [0.3, 0.4) is 0 Å². The number of rotatable bonds is 4. The third-order valence-electron chi connectivity index (χ3n) is 3.29. The number of ether oxygens (including phenoxy) is 1. The summed E-state index contributed by atoms with van der Waals surface area (Å²) in [6.07, 6.45) is 2.73. The summed E-state index contributed by atoms with van der Waals surface area (Å²) in [4.78, 5) is 11.8. The van der Waals surface area contributed by atoms with Crippen LogP contribution in [-0.2, 0) is 14.8 Å². The highest BCUT2D eigenvalue weighted by Gasteiger charge is 2.26. The predicted molar refractivity (Wildman–Crippen MR) is 74.9 cm³/mol. The van der Waals surface area contributed by atoms with Crippen LogP contribution < -0.4 is 0 Å². The van der Waals surface area contributed by atoms with E-state index >= 15 is 0 Å². The van der Waals surface area contributed by atoms with Crippen molar-refractivity contribution in [1.29, 1.82) is 5.26 Å². The quantitative estimate of drug-likeness (QED) is 0.787. The van der Waals surface area contributed by atoms with Crippen molar-refractivity contribution in [1.82, 2.24) is 4.31 Å². The molecule has 0 saturated carbocycles. The standard InChI is InChI=1S/C14H16N2O4S/c15-7-10-20-14(17)12-5-4-6-13(11-12)21(18,19)16-8-2-1-3-9-16/h4-6,11H,1-3,8-10H2. The lowest BCUT2D eigenvalue weighted by Gasteiger charge is -2.25. The summed E-state index contributed by atoms with van der Waals surface area (Å²) in [5, 5.41) is 8.39. The van der Waals surface area contributed by atoms with E-state index in [1.807, 2.05) is 0 Å². The van der Waals surface area contributed by atoms with Crippen molar-refractivity contribution in [3.05, 3.63) is 29.8 Å². The molecule has 2 rings (SSSR count). The number of nitriles is 1. The molecule has 0 unspecified atom stereocenters. The van der Waals surface area contributed by atoms with Gasteiger partial charge in [-0.2, -0.15) is 9.57 Å². The topological polar surface area (TPSA) is 87.5 Å². The second kappa shape index (κ2) is 6.70. The van der Waals surface area contributed by atoms with Crippen LogP contribution in [0.1, 0.15) is 29.6 Å². The van der Waals surface area contributed by atoms with Gasteiger partial charge in [0, 0.05) is 13.1 Å². The van der Waals surface area contributed by atoms with Gasteiger partial charge in [-0.05, 0) is 31.0 Å². The molecule has 0 aromatic heterocycles. The largest absolute Gasteiger partial charge is 0.447 e. The zero-order valence-corrected chi connectivity index (χ0v) is 12.3. The first-order valence-electron chi connectivity index (χ1n) is 6.70. The average molecular weight is 308 g/mol. The first kappa shape index (κ1) is 15.5. The van der Waals surface area contributed by atoms with E-state index in [1.165, 1.54) is 28.6 Å². The summed E-state index contributed by atoms with van der Waals surface area (Å²) in [6, 6.07) is 7.42. The van der Waals surface area contributed by atoms with Gasteiger partial charge in [0.15, 0.2) is 6.61 Å². The average Bonchev–Trinajstić information content (AvgIpc) is 2.53. The molecule has 0 bridgehead atoms. The fraction of sp³-hybridized carbons (Fsp3) is 0.429. The minimum absolute atomic E-state index is 0.0795.